The van der Waals surface area contributed by atoms with Crippen LogP contribution in [0, 0.1) is 0 Å². The maximum Gasteiger partial charge on any atom is 0.243 e. The van der Waals surface area contributed by atoms with Crippen molar-refractivity contribution in [1.82, 2.24) is 4.90 Å². The number of thioether (sulfide) groups is 1. The van der Waals surface area contributed by atoms with E-state index in [1.807, 2.05) is 42.5 Å². The van der Waals surface area contributed by atoms with Gasteiger partial charge < -0.3 is 9.73 Å². The van der Waals surface area contributed by atoms with Gasteiger partial charge in [-0.1, -0.05) is 53.7 Å². The summed E-state index contributed by atoms with van der Waals surface area (Å²) in [6, 6.07) is 24.3. The second-order valence-electron chi connectivity index (χ2n) is 7.80. The van der Waals surface area contributed by atoms with Gasteiger partial charge in [0.05, 0.1) is 18.5 Å². The Morgan fingerprint density at radius 2 is 1.82 bits per heavy atom. The van der Waals surface area contributed by atoms with E-state index in [-0.39, 0.29) is 24.8 Å². The van der Waals surface area contributed by atoms with Gasteiger partial charge in [0.1, 0.15) is 11.0 Å². The normalized spacial score (nSPS) is 17.0. The minimum absolute atomic E-state index is 0.0324. The molecule has 0 bridgehead atoms. The smallest absolute Gasteiger partial charge is 0.243 e. The van der Waals surface area contributed by atoms with Gasteiger partial charge in [0, 0.05) is 17.1 Å². The molecule has 1 aliphatic rings. The molecule has 1 N–H and O–H groups in total. The molecule has 0 radical (unpaired) electrons. The Labute approximate surface area is 205 Å². The Morgan fingerprint density at radius 3 is 2.59 bits per heavy atom. The van der Waals surface area contributed by atoms with E-state index in [0.717, 1.165) is 10.8 Å². The third-order valence-corrected chi connectivity index (χ3v) is 6.80. The first-order valence-electron chi connectivity index (χ1n) is 10.7. The summed E-state index contributed by atoms with van der Waals surface area (Å²) in [5, 5.41) is 5.59. The molecular weight excluding hydrogens is 470 g/mol. The number of halogens is 1. The van der Waals surface area contributed by atoms with E-state index in [2.05, 4.69) is 10.3 Å². The van der Waals surface area contributed by atoms with Crippen LogP contribution < -0.4 is 5.32 Å². The minimum atomic E-state index is -0.582. The van der Waals surface area contributed by atoms with Gasteiger partial charge in [-0.2, -0.15) is 0 Å². The third-order valence-electron chi connectivity index (χ3n) is 5.37. The van der Waals surface area contributed by atoms with Crippen molar-refractivity contribution in [3.05, 3.63) is 95.9 Å². The fourth-order valence-corrected chi connectivity index (χ4v) is 4.99. The van der Waals surface area contributed by atoms with Crippen LogP contribution in [-0.2, 0) is 16.1 Å². The lowest BCUT2D eigenvalue weighted by molar-refractivity contribution is -0.128. The molecule has 4 aromatic rings. The van der Waals surface area contributed by atoms with Crippen LogP contribution in [0.1, 0.15) is 12.2 Å². The molecule has 2 amide bonds. The lowest BCUT2D eigenvalue weighted by Crippen LogP contribution is -2.33. The van der Waals surface area contributed by atoms with Gasteiger partial charge in [0.2, 0.25) is 11.8 Å². The highest BCUT2D eigenvalue weighted by Gasteiger charge is 2.39. The maximum atomic E-state index is 13.2. The second-order valence-corrected chi connectivity index (χ2v) is 9.40. The molecule has 1 atom stereocenters. The minimum Gasteiger partial charge on any atom is -0.467 e. The largest absolute Gasteiger partial charge is 0.467 e. The SMILES string of the molecule is O=C(C[C@H]1SC(=Nc2ccc(Cl)cc2)N(Cc2ccco2)C1=O)Nc1ccc2ccccc2c1. The molecule has 1 fully saturated rings. The van der Waals surface area contributed by atoms with Gasteiger partial charge in [-0.05, 0) is 59.3 Å². The number of hydrogen-bond donors (Lipinski definition) is 1. The molecule has 0 aliphatic carbocycles. The monoisotopic (exact) mass is 489 g/mol. The highest BCUT2D eigenvalue weighted by Crippen LogP contribution is 2.33. The lowest BCUT2D eigenvalue weighted by Gasteiger charge is -2.15. The molecule has 0 saturated carbocycles. The molecule has 1 saturated heterocycles. The predicted molar refractivity (Wildman–Crippen MR) is 136 cm³/mol. The molecule has 0 unspecified atom stereocenters. The Balaban J connectivity index is 1.33. The summed E-state index contributed by atoms with van der Waals surface area (Å²) in [5.41, 5.74) is 1.37. The average Bonchev–Trinajstić information content (AvgIpc) is 3.45. The summed E-state index contributed by atoms with van der Waals surface area (Å²) in [7, 11) is 0. The van der Waals surface area contributed by atoms with Crippen LogP contribution in [0.5, 0.6) is 0 Å². The van der Waals surface area contributed by atoms with E-state index >= 15 is 0 Å². The van der Waals surface area contributed by atoms with E-state index in [4.69, 9.17) is 16.0 Å². The number of nitrogens with one attached hydrogen (secondary N) is 1. The summed E-state index contributed by atoms with van der Waals surface area (Å²) in [6.45, 7) is 0.244. The number of aliphatic imine (C=N–C) groups is 1. The molecule has 8 heteroatoms. The zero-order valence-corrected chi connectivity index (χ0v) is 19.6. The Morgan fingerprint density at radius 1 is 1.03 bits per heavy atom. The summed E-state index contributed by atoms with van der Waals surface area (Å²) >= 11 is 7.26. The van der Waals surface area contributed by atoms with Crippen LogP contribution in [0.25, 0.3) is 10.8 Å². The quantitative estimate of drug-likeness (QED) is 0.347. The van der Waals surface area contributed by atoms with Gasteiger partial charge in [0.15, 0.2) is 5.17 Å². The van der Waals surface area contributed by atoms with Crippen LogP contribution in [-0.4, -0.2) is 27.1 Å². The van der Waals surface area contributed by atoms with E-state index in [0.29, 0.717) is 27.3 Å². The Hall–Kier alpha value is -3.55. The number of benzene rings is 3. The molecule has 6 nitrogen and oxygen atoms in total. The third kappa shape index (κ3) is 5.00. The summed E-state index contributed by atoms with van der Waals surface area (Å²) in [4.78, 5) is 32.2. The fourth-order valence-electron chi connectivity index (χ4n) is 3.70. The Kier molecular flexibility index (Phi) is 6.38. The average molecular weight is 490 g/mol. The standard InChI is InChI=1S/C26H20ClN3O3S/c27-19-8-11-20(12-9-19)29-26-30(16-22-6-3-13-33-22)25(32)23(34-26)15-24(31)28-21-10-7-17-4-1-2-5-18(17)14-21/h1-14,23H,15-16H2,(H,28,31)/t23-/m1/s1. The van der Waals surface area contributed by atoms with E-state index in [1.165, 1.54) is 11.8 Å². The maximum absolute atomic E-state index is 13.2. The van der Waals surface area contributed by atoms with Crippen LogP contribution in [0.2, 0.25) is 5.02 Å². The van der Waals surface area contributed by atoms with E-state index in [9.17, 15) is 9.59 Å². The number of hydrogen-bond acceptors (Lipinski definition) is 5. The van der Waals surface area contributed by atoms with Crippen molar-refractivity contribution in [3.8, 4) is 0 Å². The first-order valence-corrected chi connectivity index (χ1v) is 11.9. The van der Waals surface area contributed by atoms with Crippen molar-refractivity contribution < 1.29 is 14.0 Å². The zero-order valence-electron chi connectivity index (χ0n) is 18.0. The molecule has 2 heterocycles. The number of amidine groups is 1. The molecule has 5 rings (SSSR count). The molecule has 170 valence electrons. The highest BCUT2D eigenvalue weighted by molar-refractivity contribution is 8.15. The number of amides is 2. The summed E-state index contributed by atoms with van der Waals surface area (Å²) < 4.78 is 5.43. The first kappa shape index (κ1) is 22.3. The van der Waals surface area contributed by atoms with Crippen LogP contribution in [0.15, 0.2) is 94.5 Å². The van der Waals surface area contributed by atoms with Gasteiger partial charge in [0.25, 0.3) is 0 Å². The van der Waals surface area contributed by atoms with Gasteiger partial charge in [-0.15, -0.1) is 0 Å². The zero-order chi connectivity index (χ0) is 23.5. The number of rotatable bonds is 6. The van der Waals surface area contributed by atoms with Crippen molar-refractivity contribution >= 4 is 62.5 Å². The van der Waals surface area contributed by atoms with Crippen molar-refractivity contribution in [3.63, 3.8) is 0 Å². The highest BCUT2D eigenvalue weighted by atomic mass is 35.5. The van der Waals surface area contributed by atoms with Crippen molar-refractivity contribution in [2.45, 2.75) is 18.2 Å². The van der Waals surface area contributed by atoms with Crippen LogP contribution in [0.4, 0.5) is 11.4 Å². The van der Waals surface area contributed by atoms with Gasteiger partial charge >= 0.3 is 0 Å². The molecular formula is C26H20ClN3O3S. The van der Waals surface area contributed by atoms with Gasteiger partial charge in [-0.25, -0.2) is 4.99 Å². The topological polar surface area (TPSA) is 74.9 Å². The number of fused-ring (bicyclic) bond motifs is 1. The summed E-state index contributed by atoms with van der Waals surface area (Å²) in [5.74, 6) is 0.230. The predicted octanol–water partition coefficient (Wildman–Crippen LogP) is 6.25. The molecule has 34 heavy (non-hydrogen) atoms. The van der Waals surface area contributed by atoms with Crippen LogP contribution >= 0.6 is 23.4 Å². The molecule has 3 aromatic carbocycles. The number of carbonyl (C=O) groups is 2. The number of nitrogens with zero attached hydrogens (tertiary/aromatic N) is 2. The lowest BCUT2D eigenvalue weighted by atomic mass is 10.1. The fraction of sp³-hybridized carbons (Fsp3) is 0.115. The summed E-state index contributed by atoms with van der Waals surface area (Å²) in [6.07, 6.45) is 1.60. The molecule has 1 aliphatic heterocycles. The van der Waals surface area contributed by atoms with Crippen molar-refractivity contribution in [1.29, 1.82) is 0 Å². The molecule has 0 spiro atoms. The van der Waals surface area contributed by atoms with Gasteiger partial charge in [-0.3, -0.25) is 14.5 Å². The van der Waals surface area contributed by atoms with Crippen LogP contribution in [0.3, 0.4) is 0 Å². The second kappa shape index (κ2) is 9.75. The van der Waals surface area contributed by atoms with Crippen molar-refractivity contribution in [2.75, 3.05) is 5.32 Å². The van der Waals surface area contributed by atoms with E-state index < -0.39 is 5.25 Å². The number of carbonyl (C=O) groups excluding carboxylic acids is 2. The number of anilines is 1. The molecule has 1 aromatic heterocycles. The Bertz CT molecular complexity index is 1370. The van der Waals surface area contributed by atoms with E-state index in [1.54, 1.807) is 47.6 Å². The first-order chi connectivity index (χ1) is 16.5. The van der Waals surface area contributed by atoms with Crippen molar-refractivity contribution in [2.24, 2.45) is 4.99 Å². The number of furan rings is 1.